The van der Waals surface area contributed by atoms with E-state index in [1.165, 1.54) is 12.1 Å². The number of halogens is 1. The van der Waals surface area contributed by atoms with Crippen molar-refractivity contribution in [3.63, 3.8) is 0 Å². The SMILES string of the molecule is Cc1ccc(OCc2ccc(F)cc2)c(CO)c1. The van der Waals surface area contributed by atoms with Crippen LogP contribution in [-0.2, 0) is 13.2 Å². The summed E-state index contributed by atoms with van der Waals surface area (Å²) in [5.41, 5.74) is 2.73. The number of hydrogen-bond donors (Lipinski definition) is 1. The van der Waals surface area contributed by atoms with Crippen molar-refractivity contribution in [2.24, 2.45) is 0 Å². The molecule has 94 valence electrons. The molecule has 3 heteroatoms. The van der Waals surface area contributed by atoms with Crippen LogP contribution in [0.15, 0.2) is 42.5 Å². The van der Waals surface area contributed by atoms with Crippen LogP contribution in [0, 0.1) is 12.7 Å². The van der Waals surface area contributed by atoms with Crippen LogP contribution >= 0.6 is 0 Å². The molecule has 0 aliphatic heterocycles. The molecular formula is C15H15FO2. The van der Waals surface area contributed by atoms with Gasteiger partial charge in [0.2, 0.25) is 0 Å². The third-order valence-corrected chi connectivity index (χ3v) is 2.69. The highest BCUT2D eigenvalue weighted by molar-refractivity contribution is 5.36. The van der Waals surface area contributed by atoms with Crippen molar-refractivity contribution >= 4 is 0 Å². The van der Waals surface area contributed by atoms with Gasteiger partial charge >= 0.3 is 0 Å². The second-order valence-electron chi connectivity index (χ2n) is 4.18. The summed E-state index contributed by atoms with van der Waals surface area (Å²) >= 11 is 0. The third kappa shape index (κ3) is 3.08. The van der Waals surface area contributed by atoms with Gasteiger partial charge in [0.1, 0.15) is 18.2 Å². The van der Waals surface area contributed by atoms with Gasteiger partial charge in [0.15, 0.2) is 0 Å². The summed E-state index contributed by atoms with van der Waals surface area (Å²) in [6.45, 7) is 2.26. The molecule has 0 heterocycles. The van der Waals surface area contributed by atoms with Crippen LogP contribution in [0.1, 0.15) is 16.7 Å². The molecule has 2 nitrogen and oxygen atoms in total. The van der Waals surface area contributed by atoms with Crippen LogP contribution < -0.4 is 4.74 Å². The summed E-state index contributed by atoms with van der Waals surface area (Å²) in [5.74, 6) is 0.401. The van der Waals surface area contributed by atoms with Crippen LogP contribution in [0.5, 0.6) is 5.75 Å². The molecule has 0 aliphatic rings. The average molecular weight is 246 g/mol. The molecule has 0 fully saturated rings. The van der Waals surface area contributed by atoms with Gasteiger partial charge < -0.3 is 9.84 Å². The van der Waals surface area contributed by atoms with Crippen LogP contribution in [0.2, 0.25) is 0 Å². The molecule has 0 saturated carbocycles. The van der Waals surface area contributed by atoms with E-state index in [1.54, 1.807) is 12.1 Å². The van der Waals surface area contributed by atoms with E-state index >= 15 is 0 Å². The van der Waals surface area contributed by atoms with E-state index in [2.05, 4.69) is 0 Å². The zero-order chi connectivity index (χ0) is 13.0. The first-order valence-corrected chi connectivity index (χ1v) is 5.76. The molecule has 0 radical (unpaired) electrons. The summed E-state index contributed by atoms with van der Waals surface area (Å²) in [4.78, 5) is 0. The Morgan fingerprint density at radius 2 is 1.83 bits per heavy atom. The lowest BCUT2D eigenvalue weighted by molar-refractivity contribution is 0.259. The molecular weight excluding hydrogens is 231 g/mol. The van der Waals surface area contributed by atoms with Gasteiger partial charge in [-0.1, -0.05) is 29.8 Å². The van der Waals surface area contributed by atoms with Crippen molar-refractivity contribution in [2.75, 3.05) is 0 Å². The minimum absolute atomic E-state index is 0.0551. The fraction of sp³-hybridized carbons (Fsp3) is 0.200. The van der Waals surface area contributed by atoms with Crippen LogP contribution in [-0.4, -0.2) is 5.11 Å². The molecule has 0 spiro atoms. The Morgan fingerprint density at radius 1 is 1.11 bits per heavy atom. The Kier molecular flexibility index (Phi) is 3.95. The zero-order valence-electron chi connectivity index (χ0n) is 10.2. The average Bonchev–Trinajstić information content (AvgIpc) is 2.39. The summed E-state index contributed by atoms with van der Waals surface area (Å²) in [6.07, 6.45) is 0. The lowest BCUT2D eigenvalue weighted by atomic mass is 10.1. The van der Waals surface area contributed by atoms with Crippen molar-refractivity contribution in [1.29, 1.82) is 0 Å². The van der Waals surface area contributed by atoms with Crippen molar-refractivity contribution in [3.8, 4) is 5.75 Å². The summed E-state index contributed by atoms with van der Waals surface area (Å²) in [6, 6.07) is 11.8. The van der Waals surface area contributed by atoms with E-state index in [9.17, 15) is 9.50 Å². The van der Waals surface area contributed by atoms with Gasteiger partial charge in [0.25, 0.3) is 0 Å². The first kappa shape index (κ1) is 12.6. The van der Waals surface area contributed by atoms with Crippen molar-refractivity contribution in [3.05, 3.63) is 65.0 Å². The quantitative estimate of drug-likeness (QED) is 0.897. The molecule has 2 aromatic rings. The van der Waals surface area contributed by atoms with E-state index in [-0.39, 0.29) is 12.4 Å². The maximum atomic E-state index is 12.7. The van der Waals surface area contributed by atoms with E-state index in [1.807, 2.05) is 25.1 Å². The molecule has 0 aromatic heterocycles. The molecule has 2 rings (SSSR count). The monoisotopic (exact) mass is 246 g/mol. The summed E-state index contributed by atoms with van der Waals surface area (Å²) < 4.78 is 18.4. The van der Waals surface area contributed by atoms with Gasteiger partial charge in [-0.15, -0.1) is 0 Å². The Labute approximate surface area is 106 Å². The lowest BCUT2D eigenvalue weighted by Gasteiger charge is -2.11. The van der Waals surface area contributed by atoms with E-state index < -0.39 is 0 Å². The number of aryl methyl sites for hydroxylation is 1. The van der Waals surface area contributed by atoms with Crippen molar-refractivity contribution < 1.29 is 14.2 Å². The normalized spacial score (nSPS) is 10.4. The number of ether oxygens (including phenoxy) is 1. The fourth-order valence-electron chi connectivity index (χ4n) is 1.71. The summed E-state index contributed by atoms with van der Waals surface area (Å²) in [5, 5.41) is 9.25. The largest absolute Gasteiger partial charge is 0.489 e. The van der Waals surface area contributed by atoms with Gasteiger partial charge in [-0.05, 0) is 30.7 Å². The van der Waals surface area contributed by atoms with Crippen LogP contribution in [0.4, 0.5) is 4.39 Å². The molecule has 2 aromatic carbocycles. The number of benzene rings is 2. The first-order valence-electron chi connectivity index (χ1n) is 5.76. The highest BCUT2D eigenvalue weighted by atomic mass is 19.1. The predicted octanol–water partition coefficient (Wildman–Crippen LogP) is 3.21. The standard InChI is InChI=1S/C15H15FO2/c1-11-2-7-15(13(8-11)9-17)18-10-12-3-5-14(16)6-4-12/h2-8,17H,9-10H2,1H3. The molecule has 0 aliphatic carbocycles. The van der Waals surface area contributed by atoms with Gasteiger partial charge in [-0.3, -0.25) is 0 Å². The number of aliphatic hydroxyl groups excluding tert-OH is 1. The molecule has 0 atom stereocenters. The second kappa shape index (κ2) is 5.65. The fourth-order valence-corrected chi connectivity index (χ4v) is 1.71. The third-order valence-electron chi connectivity index (χ3n) is 2.69. The Bertz CT molecular complexity index is 521. The highest BCUT2D eigenvalue weighted by Crippen LogP contribution is 2.21. The minimum atomic E-state index is -0.259. The van der Waals surface area contributed by atoms with E-state index in [0.29, 0.717) is 12.4 Å². The maximum absolute atomic E-state index is 12.7. The van der Waals surface area contributed by atoms with Gasteiger partial charge in [-0.25, -0.2) is 4.39 Å². The highest BCUT2D eigenvalue weighted by Gasteiger charge is 2.03. The summed E-state index contributed by atoms with van der Waals surface area (Å²) in [7, 11) is 0. The topological polar surface area (TPSA) is 29.5 Å². The minimum Gasteiger partial charge on any atom is -0.489 e. The van der Waals surface area contributed by atoms with Gasteiger partial charge in [0.05, 0.1) is 6.61 Å². The molecule has 0 unspecified atom stereocenters. The Balaban J connectivity index is 2.08. The lowest BCUT2D eigenvalue weighted by Crippen LogP contribution is -1.99. The zero-order valence-corrected chi connectivity index (χ0v) is 10.2. The molecule has 0 bridgehead atoms. The number of aliphatic hydroxyl groups is 1. The Hall–Kier alpha value is -1.87. The predicted molar refractivity (Wildman–Crippen MR) is 67.8 cm³/mol. The first-order chi connectivity index (χ1) is 8.69. The van der Waals surface area contributed by atoms with E-state index in [0.717, 1.165) is 16.7 Å². The maximum Gasteiger partial charge on any atom is 0.125 e. The molecule has 0 saturated heterocycles. The van der Waals surface area contributed by atoms with Crippen molar-refractivity contribution in [2.45, 2.75) is 20.1 Å². The number of hydrogen-bond acceptors (Lipinski definition) is 2. The smallest absolute Gasteiger partial charge is 0.125 e. The molecule has 1 N–H and O–H groups in total. The van der Waals surface area contributed by atoms with Gasteiger partial charge in [0, 0.05) is 5.56 Å². The second-order valence-corrected chi connectivity index (χ2v) is 4.18. The Morgan fingerprint density at radius 3 is 2.50 bits per heavy atom. The van der Waals surface area contributed by atoms with E-state index in [4.69, 9.17) is 4.74 Å². The van der Waals surface area contributed by atoms with Gasteiger partial charge in [-0.2, -0.15) is 0 Å². The molecule has 18 heavy (non-hydrogen) atoms. The van der Waals surface area contributed by atoms with Crippen LogP contribution in [0.25, 0.3) is 0 Å². The van der Waals surface area contributed by atoms with Crippen LogP contribution in [0.3, 0.4) is 0 Å². The molecule has 0 amide bonds. The number of rotatable bonds is 4. The van der Waals surface area contributed by atoms with Crippen molar-refractivity contribution in [1.82, 2.24) is 0 Å².